The molecule has 0 bridgehead atoms. The van der Waals surface area contributed by atoms with Gasteiger partial charge in [-0.2, -0.15) is 0 Å². The molecule has 0 spiro atoms. The van der Waals surface area contributed by atoms with Gasteiger partial charge < -0.3 is 10.6 Å². The first-order valence-corrected chi connectivity index (χ1v) is 8.23. The fourth-order valence-electron chi connectivity index (χ4n) is 3.39. The molecule has 1 aromatic carbocycles. The van der Waals surface area contributed by atoms with E-state index in [9.17, 15) is 0 Å². The van der Waals surface area contributed by atoms with Crippen molar-refractivity contribution in [2.45, 2.75) is 45.6 Å². The summed E-state index contributed by atoms with van der Waals surface area (Å²) in [6.07, 6.45) is 5.50. The Morgan fingerprint density at radius 3 is 2.45 bits per heavy atom. The van der Waals surface area contributed by atoms with Gasteiger partial charge in [0.05, 0.1) is 0 Å². The second kappa shape index (κ2) is 7.80. The van der Waals surface area contributed by atoms with Crippen molar-refractivity contribution in [1.29, 1.82) is 0 Å². The first-order valence-electron chi connectivity index (χ1n) is 8.23. The zero-order valence-corrected chi connectivity index (χ0v) is 13.1. The van der Waals surface area contributed by atoms with Crippen molar-refractivity contribution >= 4 is 0 Å². The number of nitrogens with zero attached hydrogens (tertiary/aromatic N) is 1. The van der Waals surface area contributed by atoms with Crippen LogP contribution in [0.2, 0.25) is 0 Å². The molecule has 2 rings (SSSR count). The summed E-state index contributed by atoms with van der Waals surface area (Å²) in [4.78, 5) is 2.61. The lowest BCUT2D eigenvalue weighted by atomic mass is 9.90. The van der Waals surface area contributed by atoms with Gasteiger partial charge in [-0.3, -0.25) is 0 Å². The molecule has 0 aliphatic carbocycles. The molecule has 0 amide bonds. The van der Waals surface area contributed by atoms with Crippen LogP contribution in [0.3, 0.4) is 0 Å². The van der Waals surface area contributed by atoms with Gasteiger partial charge >= 0.3 is 0 Å². The van der Waals surface area contributed by atoms with E-state index in [0.717, 1.165) is 12.5 Å². The van der Waals surface area contributed by atoms with E-state index >= 15 is 0 Å². The van der Waals surface area contributed by atoms with E-state index in [2.05, 4.69) is 49.1 Å². The average Bonchev–Trinajstić information content (AvgIpc) is 2.49. The molecule has 20 heavy (non-hydrogen) atoms. The molecule has 2 nitrogen and oxygen atoms in total. The summed E-state index contributed by atoms with van der Waals surface area (Å²) in [6.45, 7) is 8.24. The number of piperidine rings is 1. The van der Waals surface area contributed by atoms with Crippen molar-refractivity contribution in [3.8, 4) is 0 Å². The van der Waals surface area contributed by atoms with Gasteiger partial charge in [-0.1, -0.05) is 57.0 Å². The summed E-state index contributed by atoms with van der Waals surface area (Å²) >= 11 is 0. The number of hydrogen-bond acceptors (Lipinski definition) is 2. The lowest BCUT2D eigenvalue weighted by Crippen LogP contribution is -2.39. The minimum atomic E-state index is 0.157. The number of rotatable bonds is 6. The van der Waals surface area contributed by atoms with Crippen molar-refractivity contribution in [3.05, 3.63) is 35.9 Å². The Kier molecular flexibility index (Phi) is 6.06. The fourth-order valence-corrected chi connectivity index (χ4v) is 3.39. The van der Waals surface area contributed by atoms with Gasteiger partial charge in [0.1, 0.15) is 0 Å². The van der Waals surface area contributed by atoms with Crippen LogP contribution in [0.15, 0.2) is 30.3 Å². The zero-order valence-electron chi connectivity index (χ0n) is 13.1. The predicted molar refractivity (Wildman–Crippen MR) is 86.6 cm³/mol. The van der Waals surface area contributed by atoms with Crippen LogP contribution in [-0.2, 0) is 0 Å². The summed E-state index contributed by atoms with van der Waals surface area (Å²) in [7, 11) is 0. The second-order valence-corrected chi connectivity index (χ2v) is 6.45. The molecule has 112 valence electrons. The molecule has 1 saturated heterocycles. The molecular weight excluding hydrogens is 244 g/mol. The van der Waals surface area contributed by atoms with Crippen molar-refractivity contribution in [1.82, 2.24) is 4.90 Å². The Labute approximate surface area is 124 Å². The van der Waals surface area contributed by atoms with Crippen LogP contribution in [-0.4, -0.2) is 24.5 Å². The van der Waals surface area contributed by atoms with Crippen LogP contribution in [0.5, 0.6) is 0 Å². The first kappa shape index (κ1) is 15.5. The normalized spacial score (nSPS) is 20.8. The van der Waals surface area contributed by atoms with E-state index in [0.29, 0.717) is 5.92 Å². The molecule has 1 heterocycles. The molecule has 1 aromatic rings. The Bertz CT molecular complexity index is 368. The molecule has 1 aliphatic heterocycles. The van der Waals surface area contributed by atoms with E-state index < -0.39 is 0 Å². The molecule has 1 fully saturated rings. The third kappa shape index (κ3) is 4.32. The van der Waals surface area contributed by atoms with Gasteiger partial charge in [-0.05, 0) is 43.3 Å². The van der Waals surface area contributed by atoms with E-state index in [-0.39, 0.29) is 6.04 Å². The molecule has 2 unspecified atom stereocenters. The van der Waals surface area contributed by atoms with Crippen molar-refractivity contribution < 1.29 is 0 Å². The molecule has 2 atom stereocenters. The fraction of sp³-hybridized carbons (Fsp3) is 0.667. The molecule has 0 radical (unpaired) electrons. The van der Waals surface area contributed by atoms with E-state index in [1.165, 1.54) is 44.3 Å². The van der Waals surface area contributed by atoms with Crippen LogP contribution in [0.25, 0.3) is 0 Å². The summed E-state index contributed by atoms with van der Waals surface area (Å²) in [6, 6.07) is 10.7. The van der Waals surface area contributed by atoms with E-state index in [4.69, 9.17) is 5.73 Å². The Hall–Kier alpha value is -0.860. The summed E-state index contributed by atoms with van der Waals surface area (Å²) in [5.41, 5.74) is 7.67. The quantitative estimate of drug-likeness (QED) is 0.854. The van der Waals surface area contributed by atoms with E-state index in [1.54, 1.807) is 0 Å². The smallest absolute Gasteiger partial charge is 0.0333 e. The van der Waals surface area contributed by atoms with Crippen LogP contribution in [0, 0.1) is 11.8 Å². The molecule has 2 N–H and O–H groups in total. The maximum Gasteiger partial charge on any atom is 0.0333 e. The van der Waals surface area contributed by atoms with Crippen LogP contribution in [0.4, 0.5) is 0 Å². The zero-order chi connectivity index (χ0) is 14.4. The average molecular weight is 274 g/mol. The maximum atomic E-state index is 6.40. The lowest BCUT2D eigenvalue weighted by Gasteiger charge is -2.34. The molecular formula is C18H30N2. The predicted octanol–water partition coefficient (Wildman–Crippen LogP) is 3.83. The number of likely N-dealkylation sites (tertiary alicyclic amines) is 1. The minimum absolute atomic E-state index is 0.157. The highest BCUT2D eigenvalue weighted by Gasteiger charge is 2.22. The summed E-state index contributed by atoms with van der Waals surface area (Å²) in [5.74, 6) is 1.48. The first-order chi connectivity index (χ1) is 9.70. The third-order valence-corrected chi connectivity index (χ3v) is 4.75. The highest BCUT2D eigenvalue weighted by molar-refractivity contribution is 5.19. The standard InChI is InChI=1S/C18H30N2/c1-3-7-16-10-12-20(13-11-16)14-15(2)18(19)17-8-5-4-6-9-17/h4-6,8-9,15-16,18H,3,7,10-14,19H2,1-2H3. The topological polar surface area (TPSA) is 29.3 Å². The Morgan fingerprint density at radius 2 is 1.85 bits per heavy atom. The van der Waals surface area contributed by atoms with E-state index in [1.807, 2.05) is 0 Å². The maximum absolute atomic E-state index is 6.40. The highest BCUT2D eigenvalue weighted by atomic mass is 15.1. The Balaban J connectivity index is 1.79. The number of nitrogens with two attached hydrogens (primary N) is 1. The van der Waals surface area contributed by atoms with Crippen molar-refractivity contribution in [2.24, 2.45) is 17.6 Å². The van der Waals surface area contributed by atoms with Crippen LogP contribution >= 0.6 is 0 Å². The molecule has 2 heteroatoms. The van der Waals surface area contributed by atoms with Gasteiger partial charge in [0.15, 0.2) is 0 Å². The third-order valence-electron chi connectivity index (χ3n) is 4.75. The van der Waals surface area contributed by atoms with Gasteiger partial charge in [-0.15, -0.1) is 0 Å². The van der Waals surface area contributed by atoms with Gasteiger partial charge in [0.2, 0.25) is 0 Å². The molecule has 0 aromatic heterocycles. The van der Waals surface area contributed by atoms with Crippen LogP contribution < -0.4 is 5.73 Å². The molecule has 0 saturated carbocycles. The van der Waals surface area contributed by atoms with Crippen molar-refractivity contribution in [3.63, 3.8) is 0 Å². The number of hydrogen-bond donors (Lipinski definition) is 1. The summed E-state index contributed by atoms with van der Waals surface area (Å²) in [5, 5.41) is 0. The van der Waals surface area contributed by atoms with Gasteiger partial charge in [0, 0.05) is 12.6 Å². The highest BCUT2D eigenvalue weighted by Crippen LogP contribution is 2.25. The van der Waals surface area contributed by atoms with Crippen molar-refractivity contribution in [2.75, 3.05) is 19.6 Å². The molecule has 1 aliphatic rings. The number of benzene rings is 1. The van der Waals surface area contributed by atoms with Gasteiger partial charge in [-0.25, -0.2) is 0 Å². The summed E-state index contributed by atoms with van der Waals surface area (Å²) < 4.78 is 0. The van der Waals surface area contributed by atoms with Gasteiger partial charge in [0.25, 0.3) is 0 Å². The largest absolute Gasteiger partial charge is 0.324 e. The minimum Gasteiger partial charge on any atom is -0.324 e. The van der Waals surface area contributed by atoms with Crippen LogP contribution in [0.1, 0.15) is 51.1 Å². The second-order valence-electron chi connectivity index (χ2n) is 6.45. The SMILES string of the molecule is CCCC1CCN(CC(C)C(N)c2ccccc2)CC1. The Morgan fingerprint density at radius 1 is 1.20 bits per heavy atom. The lowest BCUT2D eigenvalue weighted by molar-refractivity contribution is 0.152. The monoisotopic (exact) mass is 274 g/mol.